The summed E-state index contributed by atoms with van der Waals surface area (Å²) in [6, 6.07) is 3.18. The van der Waals surface area contributed by atoms with Crippen molar-refractivity contribution in [1.29, 1.82) is 0 Å². The van der Waals surface area contributed by atoms with Gasteiger partial charge in [0.1, 0.15) is 11.6 Å². The van der Waals surface area contributed by atoms with Crippen molar-refractivity contribution < 1.29 is 9.13 Å². The summed E-state index contributed by atoms with van der Waals surface area (Å²) in [6.45, 7) is 5.27. The zero-order chi connectivity index (χ0) is 14.9. The maximum Gasteiger partial charge on any atom is 0.139 e. The lowest BCUT2D eigenvalue weighted by atomic mass is 10.2. The molecule has 2 aromatic rings. The zero-order valence-corrected chi connectivity index (χ0v) is 14.0. The minimum absolute atomic E-state index is 0.237. The average molecular weight is 364 g/mol. The molecule has 0 saturated heterocycles. The molecular weight excluding hydrogens is 347 g/mol. The second kappa shape index (κ2) is 6.41. The molecule has 6 heteroatoms. The highest BCUT2D eigenvalue weighted by Gasteiger charge is 2.18. The minimum Gasteiger partial charge on any atom is -0.384 e. The number of ether oxygens (including phenoxy) is 1. The van der Waals surface area contributed by atoms with Gasteiger partial charge in [-0.15, -0.1) is 11.6 Å². The van der Waals surface area contributed by atoms with Crippen LogP contribution in [0, 0.1) is 11.7 Å². The Balaban J connectivity index is 2.53. The van der Waals surface area contributed by atoms with Crippen LogP contribution >= 0.6 is 27.5 Å². The standard InChI is InChI=1S/C14H17BrClFN2O/c1-8(7-20-3)6-19-13-5-11(17)10(15)4-12(13)18-14(19)9(2)16/h4-5,8-9H,6-7H2,1-3H3. The number of nitrogens with zero attached hydrogens (tertiary/aromatic N) is 2. The number of benzene rings is 1. The van der Waals surface area contributed by atoms with Crippen molar-refractivity contribution >= 4 is 38.6 Å². The fourth-order valence-electron chi connectivity index (χ4n) is 2.28. The lowest BCUT2D eigenvalue weighted by molar-refractivity contribution is 0.151. The van der Waals surface area contributed by atoms with Crippen molar-refractivity contribution in [3.63, 3.8) is 0 Å². The number of hydrogen-bond donors (Lipinski definition) is 0. The number of alkyl halides is 1. The van der Waals surface area contributed by atoms with E-state index in [9.17, 15) is 4.39 Å². The first-order valence-electron chi connectivity index (χ1n) is 6.42. The molecule has 2 unspecified atom stereocenters. The summed E-state index contributed by atoms with van der Waals surface area (Å²) >= 11 is 9.39. The number of rotatable bonds is 5. The number of methoxy groups -OCH3 is 1. The van der Waals surface area contributed by atoms with E-state index in [2.05, 4.69) is 27.8 Å². The van der Waals surface area contributed by atoms with E-state index in [4.69, 9.17) is 16.3 Å². The second-order valence-electron chi connectivity index (χ2n) is 5.01. The van der Waals surface area contributed by atoms with E-state index in [1.54, 1.807) is 13.2 Å². The van der Waals surface area contributed by atoms with E-state index in [1.807, 2.05) is 11.5 Å². The Hall–Kier alpha value is -0.650. The van der Waals surface area contributed by atoms with Crippen LogP contribution < -0.4 is 0 Å². The van der Waals surface area contributed by atoms with Gasteiger partial charge in [-0.3, -0.25) is 0 Å². The van der Waals surface area contributed by atoms with Gasteiger partial charge < -0.3 is 9.30 Å². The van der Waals surface area contributed by atoms with Gasteiger partial charge in [0.05, 0.1) is 27.5 Å². The largest absolute Gasteiger partial charge is 0.384 e. The van der Waals surface area contributed by atoms with Crippen molar-refractivity contribution in [2.75, 3.05) is 13.7 Å². The van der Waals surface area contributed by atoms with Gasteiger partial charge in [-0.25, -0.2) is 9.37 Å². The zero-order valence-electron chi connectivity index (χ0n) is 11.7. The van der Waals surface area contributed by atoms with Crippen LogP contribution in [0.15, 0.2) is 16.6 Å². The van der Waals surface area contributed by atoms with Gasteiger partial charge in [0.2, 0.25) is 0 Å². The molecule has 0 saturated carbocycles. The highest BCUT2D eigenvalue weighted by Crippen LogP contribution is 2.29. The summed E-state index contributed by atoms with van der Waals surface area (Å²) in [4.78, 5) is 4.52. The molecule has 20 heavy (non-hydrogen) atoms. The maximum atomic E-state index is 13.8. The molecule has 3 nitrogen and oxygen atoms in total. The SMILES string of the molecule is COCC(C)Cn1c(C(C)Cl)nc2cc(Br)c(F)cc21. The van der Waals surface area contributed by atoms with Crippen molar-refractivity contribution in [2.24, 2.45) is 5.92 Å². The van der Waals surface area contributed by atoms with Crippen LogP contribution in [0.2, 0.25) is 0 Å². The molecule has 0 aliphatic carbocycles. The van der Waals surface area contributed by atoms with Crippen LogP contribution in [0.3, 0.4) is 0 Å². The summed E-state index contributed by atoms with van der Waals surface area (Å²) in [7, 11) is 1.67. The topological polar surface area (TPSA) is 27.1 Å². The Morgan fingerprint density at radius 2 is 2.15 bits per heavy atom. The van der Waals surface area contributed by atoms with Crippen molar-refractivity contribution in [3.05, 3.63) is 28.2 Å². The molecule has 0 aliphatic rings. The Bertz CT molecular complexity index is 615. The number of halogens is 3. The van der Waals surface area contributed by atoms with Crippen LogP contribution in [0.5, 0.6) is 0 Å². The van der Waals surface area contributed by atoms with Gasteiger partial charge in [0.15, 0.2) is 0 Å². The molecule has 1 heterocycles. The second-order valence-corrected chi connectivity index (χ2v) is 6.52. The number of fused-ring (bicyclic) bond motifs is 1. The Morgan fingerprint density at radius 1 is 1.45 bits per heavy atom. The van der Waals surface area contributed by atoms with Crippen molar-refractivity contribution in [1.82, 2.24) is 9.55 Å². The molecule has 0 fully saturated rings. The average Bonchev–Trinajstić information content (AvgIpc) is 2.69. The highest BCUT2D eigenvalue weighted by molar-refractivity contribution is 9.10. The highest BCUT2D eigenvalue weighted by atomic mass is 79.9. The van der Waals surface area contributed by atoms with Gasteiger partial charge >= 0.3 is 0 Å². The Labute approximate surface area is 131 Å². The molecule has 1 aromatic heterocycles. The first-order valence-corrected chi connectivity index (χ1v) is 7.65. The van der Waals surface area contributed by atoms with E-state index in [1.165, 1.54) is 6.07 Å². The van der Waals surface area contributed by atoms with E-state index >= 15 is 0 Å². The van der Waals surface area contributed by atoms with Crippen LogP contribution in [0.25, 0.3) is 11.0 Å². The molecule has 2 rings (SSSR count). The molecular formula is C14H17BrClFN2O. The van der Waals surface area contributed by atoms with Crippen LogP contribution in [0.4, 0.5) is 4.39 Å². The third-order valence-electron chi connectivity index (χ3n) is 3.12. The summed E-state index contributed by atoms with van der Waals surface area (Å²) in [5.41, 5.74) is 1.50. The van der Waals surface area contributed by atoms with E-state index < -0.39 is 0 Å². The molecule has 0 bridgehead atoms. The summed E-state index contributed by atoms with van der Waals surface area (Å²) < 4.78 is 21.3. The van der Waals surface area contributed by atoms with Gasteiger partial charge in [-0.05, 0) is 34.8 Å². The summed E-state index contributed by atoms with van der Waals surface area (Å²) in [5.74, 6) is 0.743. The molecule has 1 aromatic carbocycles. The molecule has 0 N–H and O–H groups in total. The molecule has 0 amide bonds. The molecule has 2 atom stereocenters. The van der Waals surface area contributed by atoms with E-state index in [0.29, 0.717) is 23.5 Å². The predicted molar refractivity (Wildman–Crippen MR) is 82.7 cm³/mol. The lowest BCUT2D eigenvalue weighted by Crippen LogP contribution is -2.15. The fraction of sp³-hybridized carbons (Fsp3) is 0.500. The summed E-state index contributed by atoms with van der Waals surface area (Å²) in [6.07, 6.45) is 0. The molecule has 0 radical (unpaired) electrons. The lowest BCUT2D eigenvalue weighted by Gasteiger charge is -2.15. The van der Waals surface area contributed by atoms with Crippen molar-refractivity contribution in [2.45, 2.75) is 25.8 Å². The Morgan fingerprint density at radius 3 is 2.75 bits per heavy atom. The maximum absolute atomic E-state index is 13.8. The minimum atomic E-state index is -0.299. The van der Waals surface area contributed by atoms with Crippen LogP contribution in [-0.4, -0.2) is 23.3 Å². The number of hydrogen-bond acceptors (Lipinski definition) is 2. The van der Waals surface area contributed by atoms with E-state index in [-0.39, 0.29) is 11.2 Å². The Kier molecular flexibility index (Phi) is 5.04. The normalized spacial score (nSPS) is 14.7. The van der Waals surface area contributed by atoms with E-state index in [0.717, 1.165) is 16.9 Å². The first-order chi connectivity index (χ1) is 9.43. The monoisotopic (exact) mass is 362 g/mol. The molecule has 110 valence electrons. The molecule has 0 aliphatic heterocycles. The van der Waals surface area contributed by atoms with Gasteiger partial charge in [0.25, 0.3) is 0 Å². The number of imidazole rings is 1. The predicted octanol–water partition coefficient (Wildman–Crippen LogP) is 4.52. The fourth-order valence-corrected chi connectivity index (χ4v) is 2.78. The molecule has 0 spiro atoms. The van der Waals surface area contributed by atoms with Gasteiger partial charge in [0, 0.05) is 19.7 Å². The number of aromatic nitrogens is 2. The van der Waals surface area contributed by atoms with Crippen LogP contribution in [-0.2, 0) is 11.3 Å². The third-order valence-corrected chi connectivity index (χ3v) is 3.92. The summed E-state index contributed by atoms with van der Waals surface area (Å²) in [5, 5.41) is -0.237. The third kappa shape index (κ3) is 3.15. The smallest absolute Gasteiger partial charge is 0.139 e. The van der Waals surface area contributed by atoms with Gasteiger partial charge in [-0.2, -0.15) is 0 Å². The quantitative estimate of drug-likeness (QED) is 0.730. The first kappa shape index (κ1) is 15.7. The van der Waals surface area contributed by atoms with Crippen molar-refractivity contribution in [3.8, 4) is 0 Å². The van der Waals surface area contributed by atoms with Gasteiger partial charge in [-0.1, -0.05) is 6.92 Å². The van der Waals surface area contributed by atoms with Crippen LogP contribution in [0.1, 0.15) is 25.0 Å².